The molecule has 0 spiro atoms. The first kappa shape index (κ1) is 13.0. The Kier molecular flexibility index (Phi) is 3.77. The summed E-state index contributed by atoms with van der Waals surface area (Å²) < 4.78 is 25.4. The van der Waals surface area contributed by atoms with Crippen LogP contribution >= 0.6 is 0 Å². The molecular formula is C14H19F2N3. The van der Waals surface area contributed by atoms with Crippen molar-refractivity contribution in [2.24, 2.45) is 5.92 Å². The van der Waals surface area contributed by atoms with Crippen molar-refractivity contribution in [2.45, 2.75) is 30.8 Å². The van der Waals surface area contributed by atoms with Gasteiger partial charge in [0.25, 0.3) is 6.43 Å². The van der Waals surface area contributed by atoms with Crippen LogP contribution in [0.5, 0.6) is 0 Å². The highest BCUT2D eigenvalue weighted by molar-refractivity contribution is 5.23. The number of hydrogen-bond donors (Lipinski definition) is 3. The summed E-state index contributed by atoms with van der Waals surface area (Å²) in [6.07, 6.45) is -1.81. The van der Waals surface area contributed by atoms with E-state index in [0.717, 1.165) is 13.1 Å². The van der Waals surface area contributed by atoms with Crippen LogP contribution in [-0.2, 0) is 0 Å². The normalized spacial score (nSPS) is 35.1. The summed E-state index contributed by atoms with van der Waals surface area (Å²) in [5.41, 5.74) is 7.08. The molecule has 0 radical (unpaired) electrons. The first-order valence-corrected chi connectivity index (χ1v) is 6.80. The van der Waals surface area contributed by atoms with Gasteiger partial charge in [-0.3, -0.25) is 5.43 Å². The van der Waals surface area contributed by atoms with Gasteiger partial charge >= 0.3 is 0 Å². The first-order valence-electron chi connectivity index (χ1n) is 6.80. The van der Waals surface area contributed by atoms with Crippen molar-refractivity contribution in [1.29, 1.82) is 0 Å². The van der Waals surface area contributed by atoms with Gasteiger partial charge in [0.15, 0.2) is 0 Å². The van der Waals surface area contributed by atoms with Gasteiger partial charge in [0.05, 0.1) is 6.04 Å². The standard InChI is InChI=1S/C14H19F2N3/c15-14(16)13-6-12(18-19-13)11-8-17-7-10(11)9-4-2-1-3-5-9/h1-5,10-14,17-19H,6-8H2. The van der Waals surface area contributed by atoms with E-state index in [-0.39, 0.29) is 6.04 Å². The van der Waals surface area contributed by atoms with Crippen LogP contribution in [0, 0.1) is 5.92 Å². The number of hydrogen-bond acceptors (Lipinski definition) is 3. The Morgan fingerprint density at radius 3 is 2.53 bits per heavy atom. The van der Waals surface area contributed by atoms with Gasteiger partial charge in [-0.05, 0) is 17.9 Å². The average Bonchev–Trinajstić information content (AvgIpc) is 3.08. The van der Waals surface area contributed by atoms with Gasteiger partial charge in [-0.2, -0.15) is 0 Å². The third kappa shape index (κ3) is 2.63. The maximum atomic E-state index is 12.7. The second-order valence-corrected chi connectivity index (χ2v) is 5.41. The second kappa shape index (κ2) is 5.53. The molecule has 3 nitrogen and oxygen atoms in total. The van der Waals surface area contributed by atoms with E-state index in [1.807, 2.05) is 18.2 Å². The topological polar surface area (TPSA) is 36.1 Å². The molecule has 0 bridgehead atoms. The molecule has 0 aromatic heterocycles. The zero-order valence-corrected chi connectivity index (χ0v) is 10.7. The maximum Gasteiger partial charge on any atom is 0.255 e. The van der Waals surface area contributed by atoms with E-state index in [1.165, 1.54) is 5.56 Å². The predicted molar refractivity (Wildman–Crippen MR) is 70.0 cm³/mol. The molecule has 0 aliphatic carbocycles. The summed E-state index contributed by atoms with van der Waals surface area (Å²) in [5.74, 6) is 0.760. The highest BCUT2D eigenvalue weighted by Crippen LogP contribution is 2.33. The van der Waals surface area contributed by atoms with E-state index in [2.05, 4.69) is 28.3 Å². The van der Waals surface area contributed by atoms with Gasteiger partial charge in [0.2, 0.25) is 0 Å². The minimum atomic E-state index is -2.30. The molecule has 104 valence electrons. The Hall–Kier alpha value is -1.04. The molecule has 2 fully saturated rings. The minimum absolute atomic E-state index is 0.110. The number of nitrogens with one attached hydrogen (secondary N) is 3. The first-order chi connectivity index (χ1) is 9.25. The van der Waals surface area contributed by atoms with Crippen LogP contribution in [0.25, 0.3) is 0 Å². The molecule has 4 atom stereocenters. The lowest BCUT2D eigenvalue weighted by Gasteiger charge is -2.24. The van der Waals surface area contributed by atoms with Crippen LogP contribution in [-0.4, -0.2) is 31.6 Å². The highest BCUT2D eigenvalue weighted by Gasteiger charge is 2.40. The number of alkyl halides is 2. The Balaban J connectivity index is 1.71. The number of benzene rings is 1. The molecular weight excluding hydrogens is 248 g/mol. The molecule has 2 aliphatic rings. The lowest BCUT2D eigenvalue weighted by Crippen LogP contribution is -2.40. The molecule has 3 N–H and O–H groups in total. The molecule has 0 saturated carbocycles. The van der Waals surface area contributed by atoms with E-state index in [1.54, 1.807) is 0 Å². The molecule has 4 unspecified atom stereocenters. The Morgan fingerprint density at radius 1 is 1.05 bits per heavy atom. The number of halogens is 2. The van der Waals surface area contributed by atoms with Gasteiger partial charge < -0.3 is 5.32 Å². The fraction of sp³-hybridized carbons (Fsp3) is 0.571. The lowest BCUT2D eigenvalue weighted by atomic mass is 9.82. The van der Waals surface area contributed by atoms with Crippen LogP contribution in [0.4, 0.5) is 8.78 Å². The minimum Gasteiger partial charge on any atom is -0.316 e. The lowest BCUT2D eigenvalue weighted by molar-refractivity contribution is 0.104. The van der Waals surface area contributed by atoms with E-state index in [0.29, 0.717) is 18.3 Å². The molecule has 2 heterocycles. The molecule has 19 heavy (non-hydrogen) atoms. The van der Waals surface area contributed by atoms with Crippen molar-refractivity contribution in [3.05, 3.63) is 35.9 Å². The van der Waals surface area contributed by atoms with Gasteiger partial charge in [-0.1, -0.05) is 30.3 Å². The summed E-state index contributed by atoms with van der Waals surface area (Å²) in [7, 11) is 0. The molecule has 0 amide bonds. The fourth-order valence-electron chi connectivity index (χ4n) is 3.24. The SMILES string of the molecule is FC(F)C1CC(C2CNCC2c2ccccc2)NN1. The van der Waals surface area contributed by atoms with E-state index in [9.17, 15) is 8.78 Å². The largest absolute Gasteiger partial charge is 0.316 e. The van der Waals surface area contributed by atoms with Gasteiger partial charge in [0, 0.05) is 25.0 Å². The average molecular weight is 267 g/mol. The van der Waals surface area contributed by atoms with Crippen molar-refractivity contribution in [3.63, 3.8) is 0 Å². The van der Waals surface area contributed by atoms with Gasteiger partial charge in [-0.15, -0.1) is 0 Å². The van der Waals surface area contributed by atoms with Crippen LogP contribution in [0.15, 0.2) is 30.3 Å². The van der Waals surface area contributed by atoms with Crippen LogP contribution in [0.1, 0.15) is 17.9 Å². The molecule has 3 rings (SSSR count). The zero-order chi connectivity index (χ0) is 13.2. The van der Waals surface area contributed by atoms with E-state index in [4.69, 9.17) is 0 Å². The quantitative estimate of drug-likeness (QED) is 0.776. The van der Waals surface area contributed by atoms with Crippen molar-refractivity contribution in [3.8, 4) is 0 Å². The van der Waals surface area contributed by atoms with Crippen LogP contribution < -0.4 is 16.2 Å². The monoisotopic (exact) mass is 267 g/mol. The Morgan fingerprint density at radius 2 is 1.84 bits per heavy atom. The summed E-state index contributed by atoms with van der Waals surface area (Å²) >= 11 is 0. The molecule has 1 aromatic carbocycles. The smallest absolute Gasteiger partial charge is 0.255 e. The fourth-order valence-corrected chi connectivity index (χ4v) is 3.24. The van der Waals surface area contributed by atoms with Crippen molar-refractivity contribution in [2.75, 3.05) is 13.1 Å². The summed E-state index contributed by atoms with van der Waals surface area (Å²) in [6, 6.07) is 9.71. The molecule has 1 aromatic rings. The third-order valence-electron chi connectivity index (χ3n) is 4.27. The zero-order valence-electron chi connectivity index (χ0n) is 10.7. The predicted octanol–water partition coefficient (Wildman–Crippen LogP) is 1.49. The van der Waals surface area contributed by atoms with E-state index >= 15 is 0 Å². The van der Waals surface area contributed by atoms with Crippen molar-refractivity contribution >= 4 is 0 Å². The number of rotatable bonds is 3. The molecule has 2 aliphatic heterocycles. The summed E-state index contributed by atoms with van der Waals surface area (Å²) in [5, 5.41) is 3.39. The highest BCUT2D eigenvalue weighted by atomic mass is 19.3. The van der Waals surface area contributed by atoms with Crippen LogP contribution in [0.2, 0.25) is 0 Å². The van der Waals surface area contributed by atoms with Crippen molar-refractivity contribution in [1.82, 2.24) is 16.2 Å². The van der Waals surface area contributed by atoms with Gasteiger partial charge in [0.1, 0.15) is 0 Å². The van der Waals surface area contributed by atoms with E-state index < -0.39 is 12.5 Å². The molecule has 5 heteroatoms. The van der Waals surface area contributed by atoms with Crippen LogP contribution in [0.3, 0.4) is 0 Å². The molecule has 2 saturated heterocycles. The second-order valence-electron chi connectivity index (χ2n) is 5.41. The van der Waals surface area contributed by atoms with Crippen molar-refractivity contribution < 1.29 is 8.78 Å². The summed E-state index contributed by atoms with van der Waals surface area (Å²) in [4.78, 5) is 0. The Bertz CT molecular complexity index is 412. The maximum absolute atomic E-state index is 12.7. The Labute approximate surface area is 111 Å². The summed E-state index contributed by atoms with van der Waals surface area (Å²) in [6.45, 7) is 1.81. The number of hydrazine groups is 1. The third-order valence-corrected chi connectivity index (χ3v) is 4.27. The van der Waals surface area contributed by atoms with Gasteiger partial charge in [-0.25, -0.2) is 14.2 Å².